The number of ether oxygens (including phenoxy) is 2. The molecule has 8 heteroatoms. The lowest BCUT2D eigenvalue weighted by Gasteiger charge is -2.30. The topological polar surface area (TPSA) is 83.5 Å². The van der Waals surface area contributed by atoms with Crippen molar-refractivity contribution in [1.82, 2.24) is 9.88 Å². The van der Waals surface area contributed by atoms with Gasteiger partial charge in [-0.1, -0.05) is 11.6 Å². The number of hydrogen-bond donors (Lipinski definition) is 1. The lowest BCUT2D eigenvalue weighted by atomic mass is 10.1. The number of likely N-dealkylation sites (tertiary alicyclic amines) is 1. The maximum atomic E-state index is 9.89. The molecule has 0 amide bonds. The highest BCUT2D eigenvalue weighted by Gasteiger charge is 2.23. The lowest BCUT2D eigenvalue weighted by molar-refractivity contribution is 0.115. The largest absolute Gasteiger partial charge is 0.497 e. The van der Waals surface area contributed by atoms with E-state index in [-0.39, 0.29) is 6.10 Å². The molecule has 5 rings (SSSR count). The third kappa shape index (κ3) is 4.04. The van der Waals surface area contributed by atoms with Crippen LogP contribution in [0.1, 0.15) is 18.4 Å². The van der Waals surface area contributed by atoms with E-state index < -0.39 is 0 Å². The number of pyridine rings is 1. The van der Waals surface area contributed by atoms with Crippen molar-refractivity contribution in [3.63, 3.8) is 0 Å². The Morgan fingerprint density at radius 1 is 1.21 bits per heavy atom. The number of nitrogens with zero attached hydrogens (tertiary/aromatic N) is 3. The van der Waals surface area contributed by atoms with E-state index in [1.165, 1.54) is 0 Å². The first-order valence-electron chi connectivity index (χ1n) is 10.8. The molecular formula is C25H23ClN4O3. The summed E-state index contributed by atoms with van der Waals surface area (Å²) >= 11 is 6.55. The van der Waals surface area contributed by atoms with Crippen molar-refractivity contribution in [3.05, 3.63) is 53.4 Å². The van der Waals surface area contributed by atoms with Crippen molar-refractivity contribution in [3.8, 4) is 17.6 Å². The van der Waals surface area contributed by atoms with E-state index in [4.69, 9.17) is 25.5 Å². The minimum absolute atomic E-state index is 0.0657. The summed E-state index contributed by atoms with van der Waals surface area (Å²) in [5.74, 6) is 1.27. The predicted molar refractivity (Wildman–Crippen MR) is 129 cm³/mol. The van der Waals surface area contributed by atoms with Gasteiger partial charge in [0.2, 0.25) is 0 Å². The summed E-state index contributed by atoms with van der Waals surface area (Å²) in [5, 5.41) is 15.3. The summed E-state index contributed by atoms with van der Waals surface area (Å²) < 4.78 is 17.5. The van der Waals surface area contributed by atoms with Crippen molar-refractivity contribution >= 4 is 44.8 Å². The number of anilines is 2. The Morgan fingerprint density at radius 2 is 2.03 bits per heavy atom. The first-order chi connectivity index (χ1) is 16.1. The molecule has 3 heterocycles. The van der Waals surface area contributed by atoms with Crippen LogP contribution in [0.5, 0.6) is 11.5 Å². The van der Waals surface area contributed by atoms with Crippen LogP contribution >= 0.6 is 11.6 Å². The second kappa shape index (κ2) is 8.81. The summed E-state index contributed by atoms with van der Waals surface area (Å²) in [6.07, 6.45) is 5.07. The van der Waals surface area contributed by atoms with E-state index >= 15 is 0 Å². The second-order valence-electron chi connectivity index (χ2n) is 8.18. The molecular weight excluding hydrogens is 440 g/mol. The van der Waals surface area contributed by atoms with Gasteiger partial charge in [-0.2, -0.15) is 5.26 Å². The van der Waals surface area contributed by atoms with Gasteiger partial charge in [-0.15, -0.1) is 0 Å². The molecule has 0 radical (unpaired) electrons. The molecule has 1 N–H and O–H groups in total. The van der Waals surface area contributed by atoms with Crippen molar-refractivity contribution < 1.29 is 13.9 Å². The van der Waals surface area contributed by atoms with Gasteiger partial charge >= 0.3 is 0 Å². The standard InChI is InChI=1S/C25H23ClN4O3/c1-30-8-5-16(6-9-30)33-22-12-17(31-2)11-20-23(22)24(15(13-27)14-28-20)29-25-18-7-10-32-21(18)4-3-19(25)26/h3-4,7,10-12,14,16H,5-6,8-9H2,1-2H3,(H,28,29). The van der Waals surface area contributed by atoms with Crippen LogP contribution in [0.15, 0.2) is 47.2 Å². The fraction of sp³-hybridized carbons (Fsp3) is 0.280. The molecule has 0 aliphatic carbocycles. The van der Waals surface area contributed by atoms with Gasteiger partial charge in [0, 0.05) is 36.8 Å². The predicted octanol–water partition coefficient (Wildman–Crippen LogP) is 5.73. The zero-order valence-electron chi connectivity index (χ0n) is 18.4. The molecule has 0 atom stereocenters. The monoisotopic (exact) mass is 462 g/mol. The number of rotatable bonds is 5. The van der Waals surface area contributed by atoms with Gasteiger partial charge < -0.3 is 24.1 Å². The highest BCUT2D eigenvalue weighted by Crippen LogP contribution is 2.42. The summed E-state index contributed by atoms with van der Waals surface area (Å²) in [5.41, 5.74) is 2.99. The molecule has 0 spiro atoms. The van der Waals surface area contributed by atoms with Crippen molar-refractivity contribution in [2.75, 3.05) is 32.6 Å². The SMILES string of the molecule is COc1cc(OC2CCN(C)CC2)c2c(Nc3c(Cl)ccc4occc34)c(C#N)cnc2c1. The molecule has 0 bridgehead atoms. The number of hydrogen-bond acceptors (Lipinski definition) is 7. The van der Waals surface area contributed by atoms with E-state index in [9.17, 15) is 5.26 Å². The van der Waals surface area contributed by atoms with Crippen molar-refractivity contribution in [2.24, 2.45) is 0 Å². The molecule has 1 fully saturated rings. The number of piperidine rings is 1. The Balaban J connectivity index is 1.67. The molecule has 168 valence electrons. The molecule has 0 saturated carbocycles. The minimum Gasteiger partial charge on any atom is -0.497 e. The first-order valence-corrected chi connectivity index (χ1v) is 11.1. The number of nitrogens with one attached hydrogen (secondary N) is 1. The molecule has 7 nitrogen and oxygen atoms in total. The van der Waals surface area contributed by atoms with E-state index in [1.54, 1.807) is 25.6 Å². The summed E-state index contributed by atoms with van der Waals surface area (Å²) in [6.45, 7) is 1.94. The number of nitriles is 1. The van der Waals surface area contributed by atoms with Gasteiger partial charge in [0.15, 0.2) is 0 Å². The highest BCUT2D eigenvalue weighted by molar-refractivity contribution is 6.35. The lowest BCUT2D eigenvalue weighted by Crippen LogP contribution is -2.35. The number of halogens is 1. The van der Waals surface area contributed by atoms with Crippen LogP contribution in [0.3, 0.4) is 0 Å². The van der Waals surface area contributed by atoms with E-state index in [0.29, 0.717) is 49.9 Å². The minimum atomic E-state index is 0.0657. The van der Waals surface area contributed by atoms with Gasteiger partial charge in [-0.25, -0.2) is 0 Å². The first kappa shape index (κ1) is 21.4. The fourth-order valence-corrected chi connectivity index (χ4v) is 4.45. The van der Waals surface area contributed by atoms with Gasteiger partial charge in [0.1, 0.15) is 29.3 Å². The Morgan fingerprint density at radius 3 is 2.79 bits per heavy atom. The average Bonchev–Trinajstić information content (AvgIpc) is 3.31. The maximum absolute atomic E-state index is 9.89. The van der Waals surface area contributed by atoms with Crippen LogP contribution in [0.4, 0.5) is 11.4 Å². The molecule has 2 aromatic carbocycles. The third-order valence-electron chi connectivity index (χ3n) is 6.06. The van der Waals surface area contributed by atoms with Crippen LogP contribution in [0, 0.1) is 11.3 Å². The molecule has 1 saturated heterocycles. The van der Waals surface area contributed by atoms with Crippen LogP contribution in [-0.4, -0.2) is 43.2 Å². The Hall–Kier alpha value is -3.47. The van der Waals surface area contributed by atoms with Gasteiger partial charge in [0.05, 0.1) is 46.2 Å². The number of fused-ring (bicyclic) bond motifs is 2. The molecule has 1 aliphatic rings. The van der Waals surface area contributed by atoms with Crippen molar-refractivity contribution in [1.29, 1.82) is 5.26 Å². The fourth-order valence-electron chi connectivity index (χ4n) is 4.24. The normalized spacial score (nSPS) is 15.0. The number of aromatic nitrogens is 1. The Bertz CT molecular complexity index is 1370. The third-order valence-corrected chi connectivity index (χ3v) is 6.37. The molecule has 2 aromatic heterocycles. The van der Waals surface area contributed by atoms with Crippen LogP contribution in [-0.2, 0) is 0 Å². The number of methoxy groups -OCH3 is 1. The van der Waals surface area contributed by atoms with Gasteiger partial charge in [-0.05, 0) is 38.1 Å². The summed E-state index contributed by atoms with van der Waals surface area (Å²) in [4.78, 5) is 6.81. The molecule has 4 aromatic rings. The van der Waals surface area contributed by atoms with Crippen molar-refractivity contribution in [2.45, 2.75) is 18.9 Å². The highest BCUT2D eigenvalue weighted by atomic mass is 35.5. The zero-order valence-corrected chi connectivity index (χ0v) is 19.1. The molecule has 33 heavy (non-hydrogen) atoms. The van der Waals surface area contributed by atoms with E-state index in [1.807, 2.05) is 24.3 Å². The molecule has 0 unspecified atom stereocenters. The van der Waals surface area contributed by atoms with Crippen LogP contribution in [0.2, 0.25) is 5.02 Å². The average molecular weight is 463 g/mol. The van der Waals surface area contributed by atoms with Gasteiger partial charge in [-0.3, -0.25) is 4.98 Å². The smallest absolute Gasteiger partial charge is 0.136 e. The number of furan rings is 1. The zero-order chi connectivity index (χ0) is 22.9. The Kier molecular flexibility index (Phi) is 5.71. The maximum Gasteiger partial charge on any atom is 0.136 e. The Labute approximate surface area is 196 Å². The van der Waals surface area contributed by atoms with Crippen LogP contribution < -0.4 is 14.8 Å². The second-order valence-corrected chi connectivity index (χ2v) is 8.59. The molecule has 1 aliphatic heterocycles. The summed E-state index contributed by atoms with van der Waals surface area (Å²) in [7, 11) is 3.73. The van der Waals surface area contributed by atoms with E-state index in [2.05, 4.69) is 28.3 Å². The van der Waals surface area contributed by atoms with Crippen LogP contribution in [0.25, 0.3) is 21.9 Å². The van der Waals surface area contributed by atoms with E-state index in [0.717, 1.165) is 31.3 Å². The number of benzene rings is 2. The van der Waals surface area contributed by atoms with Gasteiger partial charge in [0.25, 0.3) is 0 Å². The summed E-state index contributed by atoms with van der Waals surface area (Å²) in [6, 6.07) is 11.4. The quantitative estimate of drug-likeness (QED) is 0.405.